The molecular weight excluding hydrogens is 432 g/mol. The number of nitrogens with zero attached hydrogens (tertiary/aromatic N) is 5. The maximum atomic E-state index is 13.1. The van der Waals surface area contributed by atoms with Crippen LogP contribution in [0, 0.1) is 13.8 Å². The maximum Gasteiger partial charge on any atom is 0.252 e. The normalized spacial score (nSPS) is 17.1. The lowest BCUT2D eigenvalue weighted by molar-refractivity contribution is 0.0471. The molecule has 1 aliphatic rings. The van der Waals surface area contributed by atoms with Crippen LogP contribution in [0.4, 0.5) is 0 Å². The molecule has 0 unspecified atom stereocenters. The molecule has 9 nitrogen and oxygen atoms in total. The van der Waals surface area contributed by atoms with Gasteiger partial charge in [0.05, 0.1) is 25.3 Å². The topological polar surface area (TPSA) is 98.2 Å². The zero-order valence-corrected chi connectivity index (χ0v) is 20.7. The van der Waals surface area contributed by atoms with E-state index in [2.05, 4.69) is 52.2 Å². The number of aryl methyl sites for hydroxylation is 2. The van der Waals surface area contributed by atoms with Crippen LogP contribution in [0.3, 0.4) is 0 Å². The Morgan fingerprint density at radius 1 is 1.29 bits per heavy atom. The van der Waals surface area contributed by atoms with Gasteiger partial charge in [0.25, 0.3) is 5.56 Å². The van der Waals surface area contributed by atoms with E-state index in [-0.39, 0.29) is 17.7 Å². The molecule has 3 aromatic rings. The summed E-state index contributed by atoms with van der Waals surface area (Å²) in [6, 6.07) is 6.18. The molecule has 0 spiro atoms. The summed E-state index contributed by atoms with van der Waals surface area (Å²) >= 11 is 0. The average Bonchev–Trinajstić information content (AvgIpc) is 3.49. The van der Waals surface area contributed by atoms with Gasteiger partial charge in [0.1, 0.15) is 0 Å². The Hall–Kier alpha value is -2.62. The number of H-pyrrole nitrogens is 1. The highest BCUT2D eigenvalue weighted by molar-refractivity contribution is 5.80. The molecule has 0 amide bonds. The molecule has 2 aromatic heterocycles. The Labute approximate surface area is 200 Å². The van der Waals surface area contributed by atoms with E-state index in [4.69, 9.17) is 9.47 Å². The minimum atomic E-state index is -0.0534. The Bertz CT molecular complexity index is 1150. The van der Waals surface area contributed by atoms with Gasteiger partial charge in [0.2, 0.25) is 0 Å². The Kier molecular flexibility index (Phi) is 8.07. The van der Waals surface area contributed by atoms with E-state index < -0.39 is 0 Å². The summed E-state index contributed by atoms with van der Waals surface area (Å²) in [5.74, 6) is 0.806. The minimum absolute atomic E-state index is 0.0316. The largest absolute Gasteiger partial charge is 0.383 e. The van der Waals surface area contributed by atoms with Crippen LogP contribution in [0.25, 0.3) is 10.9 Å². The molecule has 9 heteroatoms. The molecule has 1 aliphatic heterocycles. The third kappa shape index (κ3) is 5.54. The van der Waals surface area contributed by atoms with Crippen molar-refractivity contribution < 1.29 is 9.47 Å². The Morgan fingerprint density at radius 3 is 2.85 bits per heavy atom. The van der Waals surface area contributed by atoms with Gasteiger partial charge in [-0.25, -0.2) is 4.68 Å². The first-order valence-corrected chi connectivity index (χ1v) is 12.2. The first-order chi connectivity index (χ1) is 16.5. The van der Waals surface area contributed by atoms with Crippen molar-refractivity contribution in [1.29, 1.82) is 0 Å². The van der Waals surface area contributed by atoms with Gasteiger partial charge in [0, 0.05) is 37.9 Å². The molecule has 1 aromatic carbocycles. The van der Waals surface area contributed by atoms with Gasteiger partial charge in [-0.05, 0) is 78.2 Å². The Balaban J connectivity index is 1.70. The predicted molar refractivity (Wildman–Crippen MR) is 131 cm³/mol. The van der Waals surface area contributed by atoms with E-state index in [1.165, 1.54) is 11.1 Å². The number of benzene rings is 1. The lowest BCUT2D eigenvalue weighted by Crippen LogP contribution is -2.38. The minimum Gasteiger partial charge on any atom is -0.383 e. The highest BCUT2D eigenvalue weighted by Crippen LogP contribution is 2.28. The number of pyridine rings is 1. The van der Waals surface area contributed by atoms with Crippen LogP contribution in [-0.4, -0.2) is 63.1 Å². The number of aromatic amines is 1. The van der Waals surface area contributed by atoms with Crippen molar-refractivity contribution in [2.45, 2.75) is 71.7 Å². The van der Waals surface area contributed by atoms with Crippen LogP contribution in [0.15, 0.2) is 23.0 Å². The molecule has 3 heterocycles. The third-order valence-corrected chi connectivity index (χ3v) is 6.74. The van der Waals surface area contributed by atoms with Gasteiger partial charge < -0.3 is 14.5 Å². The van der Waals surface area contributed by atoms with Crippen molar-refractivity contribution >= 4 is 10.9 Å². The number of hydrogen-bond acceptors (Lipinski definition) is 7. The van der Waals surface area contributed by atoms with Crippen molar-refractivity contribution in [2.75, 3.05) is 26.9 Å². The second kappa shape index (κ2) is 11.2. The molecule has 4 rings (SSSR count). The van der Waals surface area contributed by atoms with Crippen LogP contribution >= 0.6 is 0 Å². The quantitative estimate of drug-likeness (QED) is 0.461. The van der Waals surface area contributed by atoms with Crippen molar-refractivity contribution in [3.05, 3.63) is 51.1 Å². The summed E-state index contributed by atoms with van der Waals surface area (Å²) in [6.45, 7) is 9.46. The van der Waals surface area contributed by atoms with Gasteiger partial charge in [-0.3, -0.25) is 9.69 Å². The van der Waals surface area contributed by atoms with E-state index >= 15 is 0 Å². The Morgan fingerprint density at radius 2 is 2.12 bits per heavy atom. The maximum absolute atomic E-state index is 13.1. The van der Waals surface area contributed by atoms with E-state index in [0.717, 1.165) is 61.1 Å². The third-order valence-electron chi connectivity index (χ3n) is 6.74. The van der Waals surface area contributed by atoms with Crippen LogP contribution in [0.1, 0.15) is 61.2 Å². The second-order valence-corrected chi connectivity index (χ2v) is 9.27. The molecule has 0 saturated carbocycles. The first-order valence-electron chi connectivity index (χ1n) is 12.2. The van der Waals surface area contributed by atoms with Crippen molar-refractivity contribution in [3.8, 4) is 0 Å². The molecule has 1 N–H and O–H groups in total. The standard InChI is InChI=1S/C25H36N6O3/c1-5-7-23(24-27-28-29-31(24)9-11-33-4)30(16-21-8-6-10-34-21)15-20-14-19-12-17(2)18(3)13-22(19)26-25(20)32/h12-14,21,23H,5-11,15-16H2,1-4H3,(H,26,32)/t21-,23+/m1/s1. The van der Waals surface area contributed by atoms with Crippen LogP contribution in [0.2, 0.25) is 0 Å². The molecule has 1 fully saturated rings. The fraction of sp³-hybridized carbons (Fsp3) is 0.600. The molecule has 0 aliphatic carbocycles. The SMILES string of the molecule is CCC[C@@H](c1nnnn1CCOC)N(Cc1cc2cc(C)c(C)cc2[nH]c1=O)C[C@H]1CCCO1. The van der Waals surface area contributed by atoms with E-state index in [1.807, 2.05) is 16.8 Å². The molecule has 0 radical (unpaired) electrons. The lowest BCUT2D eigenvalue weighted by atomic mass is 10.0. The monoisotopic (exact) mass is 468 g/mol. The van der Waals surface area contributed by atoms with Crippen LogP contribution in [-0.2, 0) is 22.6 Å². The van der Waals surface area contributed by atoms with Crippen molar-refractivity contribution in [3.63, 3.8) is 0 Å². The van der Waals surface area contributed by atoms with Gasteiger partial charge in [-0.2, -0.15) is 0 Å². The molecule has 34 heavy (non-hydrogen) atoms. The lowest BCUT2D eigenvalue weighted by Gasteiger charge is -2.32. The van der Waals surface area contributed by atoms with Gasteiger partial charge in [-0.1, -0.05) is 13.3 Å². The predicted octanol–water partition coefficient (Wildman–Crippen LogP) is 3.30. The van der Waals surface area contributed by atoms with E-state index in [0.29, 0.717) is 19.7 Å². The molecule has 1 saturated heterocycles. The van der Waals surface area contributed by atoms with E-state index in [1.54, 1.807) is 7.11 Å². The van der Waals surface area contributed by atoms with Crippen LogP contribution < -0.4 is 5.56 Å². The number of ether oxygens (including phenoxy) is 2. The van der Waals surface area contributed by atoms with Gasteiger partial charge in [-0.15, -0.1) is 5.10 Å². The van der Waals surface area contributed by atoms with Crippen LogP contribution in [0.5, 0.6) is 0 Å². The number of hydrogen-bond donors (Lipinski definition) is 1. The van der Waals surface area contributed by atoms with Crippen molar-refractivity contribution in [1.82, 2.24) is 30.1 Å². The number of fused-ring (bicyclic) bond motifs is 1. The number of rotatable bonds is 11. The fourth-order valence-electron chi connectivity index (χ4n) is 4.75. The number of methoxy groups -OCH3 is 1. The summed E-state index contributed by atoms with van der Waals surface area (Å²) in [5.41, 5.74) is 3.94. The number of tetrazole rings is 1. The zero-order chi connectivity index (χ0) is 24.1. The summed E-state index contributed by atoms with van der Waals surface area (Å²) in [6.07, 6.45) is 4.08. The molecular formula is C25H36N6O3. The van der Waals surface area contributed by atoms with Crippen molar-refractivity contribution in [2.24, 2.45) is 0 Å². The molecule has 0 bridgehead atoms. The molecule has 2 atom stereocenters. The highest BCUT2D eigenvalue weighted by Gasteiger charge is 2.30. The summed E-state index contributed by atoms with van der Waals surface area (Å²) in [7, 11) is 1.67. The smallest absolute Gasteiger partial charge is 0.252 e. The number of nitrogens with one attached hydrogen (secondary N) is 1. The summed E-state index contributed by atoms with van der Waals surface area (Å²) in [5, 5.41) is 13.6. The zero-order valence-electron chi connectivity index (χ0n) is 20.7. The fourth-order valence-corrected chi connectivity index (χ4v) is 4.75. The second-order valence-electron chi connectivity index (χ2n) is 9.27. The first kappa shape index (κ1) is 24.5. The van der Waals surface area contributed by atoms with Gasteiger partial charge in [0.15, 0.2) is 5.82 Å². The average molecular weight is 469 g/mol. The van der Waals surface area contributed by atoms with Gasteiger partial charge >= 0.3 is 0 Å². The number of aromatic nitrogens is 5. The molecule has 184 valence electrons. The van der Waals surface area contributed by atoms with E-state index in [9.17, 15) is 4.79 Å². The summed E-state index contributed by atoms with van der Waals surface area (Å²) in [4.78, 5) is 18.5. The highest BCUT2D eigenvalue weighted by atomic mass is 16.5. The summed E-state index contributed by atoms with van der Waals surface area (Å²) < 4.78 is 13.1.